The van der Waals surface area contributed by atoms with Crippen LogP contribution in [0.3, 0.4) is 0 Å². The molecule has 72 valence electrons. The second kappa shape index (κ2) is 2.50. The fourth-order valence-electron chi connectivity index (χ4n) is 1.89. The highest BCUT2D eigenvalue weighted by Gasteiger charge is 2.27. The van der Waals surface area contributed by atoms with E-state index < -0.39 is 0 Å². The van der Waals surface area contributed by atoms with Gasteiger partial charge in [0.2, 0.25) is 0 Å². The number of fused-ring (bicyclic) bond motifs is 1. The van der Waals surface area contributed by atoms with Gasteiger partial charge in [0.15, 0.2) is 5.58 Å². The van der Waals surface area contributed by atoms with E-state index >= 15 is 0 Å². The van der Waals surface area contributed by atoms with E-state index in [0.717, 1.165) is 11.1 Å². The van der Waals surface area contributed by atoms with E-state index in [0.29, 0.717) is 5.92 Å². The number of hydrogen-bond donors (Lipinski definition) is 0. The summed E-state index contributed by atoms with van der Waals surface area (Å²) in [5, 5.41) is 0. The third kappa shape index (κ3) is 0.953. The normalized spacial score (nSPS) is 16.4. The molecule has 1 fully saturated rings. The third-order valence-electron chi connectivity index (χ3n) is 2.87. The van der Waals surface area contributed by atoms with Crippen molar-refractivity contribution in [3.05, 3.63) is 34.3 Å². The summed E-state index contributed by atoms with van der Waals surface area (Å²) in [5.41, 5.74) is 2.88. The molecule has 1 aromatic heterocycles. The van der Waals surface area contributed by atoms with E-state index in [2.05, 4.69) is 6.07 Å². The lowest BCUT2D eigenvalue weighted by molar-refractivity contribution is 0.525. The first-order valence-electron chi connectivity index (χ1n) is 4.86. The first-order valence-corrected chi connectivity index (χ1v) is 4.86. The van der Waals surface area contributed by atoms with Crippen molar-refractivity contribution in [1.29, 1.82) is 0 Å². The summed E-state index contributed by atoms with van der Waals surface area (Å²) < 4.78 is 6.80. The van der Waals surface area contributed by atoms with Gasteiger partial charge in [-0.15, -0.1) is 0 Å². The Balaban J connectivity index is 2.41. The third-order valence-corrected chi connectivity index (χ3v) is 2.87. The van der Waals surface area contributed by atoms with Crippen LogP contribution in [0.2, 0.25) is 0 Å². The van der Waals surface area contributed by atoms with E-state index in [9.17, 15) is 4.79 Å². The van der Waals surface area contributed by atoms with Crippen LogP contribution in [0.15, 0.2) is 27.4 Å². The average Bonchev–Trinajstić information content (AvgIpc) is 2.96. The first-order chi connectivity index (χ1) is 6.77. The molecule has 1 saturated carbocycles. The summed E-state index contributed by atoms with van der Waals surface area (Å²) in [6, 6.07) is 5.97. The lowest BCUT2D eigenvalue weighted by Crippen LogP contribution is -2.08. The smallest absolute Gasteiger partial charge is 0.407 e. The molecule has 0 atom stereocenters. The molecular formula is C11H11NO2. The quantitative estimate of drug-likeness (QED) is 0.687. The van der Waals surface area contributed by atoms with Crippen LogP contribution in [0.25, 0.3) is 11.1 Å². The van der Waals surface area contributed by atoms with Crippen LogP contribution < -0.4 is 5.76 Å². The van der Waals surface area contributed by atoms with Gasteiger partial charge in [-0.3, -0.25) is 4.57 Å². The molecule has 0 saturated heterocycles. The van der Waals surface area contributed by atoms with Crippen molar-refractivity contribution >= 4 is 11.1 Å². The fourth-order valence-corrected chi connectivity index (χ4v) is 1.89. The molecule has 1 aliphatic rings. The predicted octanol–water partition coefficient (Wildman–Crippen LogP) is 2.01. The highest BCUT2D eigenvalue weighted by molar-refractivity contribution is 5.77. The number of oxazole rings is 1. The molecule has 3 rings (SSSR count). The van der Waals surface area contributed by atoms with Gasteiger partial charge in [0.05, 0.1) is 5.52 Å². The van der Waals surface area contributed by atoms with Gasteiger partial charge in [-0.05, 0) is 24.8 Å². The minimum atomic E-state index is -0.270. The van der Waals surface area contributed by atoms with Crippen LogP contribution in [-0.4, -0.2) is 4.57 Å². The van der Waals surface area contributed by atoms with Gasteiger partial charge in [-0.2, -0.15) is 0 Å². The average molecular weight is 189 g/mol. The molecule has 0 bridgehead atoms. The summed E-state index contributed by atoms with van der Waals surface area (Å²) in [4.78, 5) is 11.3. The van der Waals surface area contributed by atoms with E-state index in [-0.39, 0.29) is 5.76 Å². The second-order valence-electron chi connectivity index (χ2n) is 3.90. The predicted molar refractivity (Wildman–Crippen MR) is 53.4 cm³/mol. The largest absolute Gasteiger partial charge is 0.419 e. The zero-order valence-corrected chi connectivity index (χ0v) is 7.99. The second-order valence-corrected chi connectivity index (χ2v) is 3.90. The van der Waals surface area contributed by atoms with E-state index in [1.807, 2.05) is 12.1 Å². The summed E-state index contributed by atoms with van der Waals surface area (Å²) in [7, 11) is 1.74. The number of nitrogens with zero attached hydrogens (tertiary/aromatic N) is 1. The lowest BCUT2D eigenvalue weighted by Gasteiger charge is -1.97. The SMILES string of the molecule is Cn1c(=O)oc2c(C3CC3)cccc21. The van der Waals surface area contributed by atoms with Crippen molar-refractivity contribution in [2.24, 2.45) is 7.05 Å². The molecule has 3 heteroatoms. The molecule has 1 heterocycles. The Morgan fingerprint density at radius 1 is 1.43 bits per heavy atom. The molecule has 0 unspecified atom stereocenters. The Kier molecular flexibility index (Phi) is 1.40. The Morgan fingerprint density at radius 2 is 2.21 bits per heavy atom. The van der Waals surface area contributed by atoms with Crippen LogP contribution >= 0.6 is 0 Å². The maximum absolute atomic E-state index is 11.3. The summed E-state index contributed by atoms with van der Waals surface area (Å²) in [5.74, 6) is 0.345. The Hall–Kier alpha value is -1.51. The van der Waals surface area contributed by atoms with E-state index in [1.54, 1.807) is 11.6 Å². The minimum absolute atomic E-state index is 0.270. The molecular weight excluding hydrogens is 178 g/mol. The maximum Gasteiger partial charge on any atom is 0.419 e. The Bertz CT molecular complexity index is 546. The first kappa shape index (κ1) is 7.85. The Labute approximate surface area is 81.0 Å². The van der Waals surface area contributed by atoms with Crippen LogP contribution in [-0.2, 0) is 7.05 Å². The van der Waals surface area contributed by atoms with Crippen molar-refractivity contribution in [2.45, 2.75) is 18.8 Å². The van der Waals surface area contributed by atoms with Crippen molar-refractivity contribution < 1.29 is 4.42 Å². The monoisotopic (exact) mass is 189 g/mol. The number of rotatable bonds is 1. The number of para-hydroxylation sites is 1. The topological polar surface area (TPSA) is 35.1 Å². The maximum atomic E-state index is 11.3. The van der Waals surface area contributed by atoms with Crippen molar-refractivity contribution in [1.82, 2.24) is 4.57 Å². The molecule has 2 aromatic rings. The lowest BCUT2D eigenvalue weighted by atomic mass is 10.1. The standard InChI is InChI=1S/C11H11NO2/c1-12-9-4-2-3-8(7-5-6-7)10(9)14-11(12)13/h2-4,7H,5-6H2,1H3. The van der Waals surface area contributed by atoms with Crippen LogP contribution in [0.5, 0.6) is 0 Å². The van der Waals surface area contributed by atoms with E-state index in [1.165, 1.54) is 18.4 Å². The zero-order valence-electron chi connectivity index (χ0n) is 7.99. The van der Waals surface area contributed by atoms with Crippen LogP contribution in [0.1, 0.15) is 24.3 Å². The van der Waals surface area contributed by atoms with Crippen molar-refractivity contribution in [2.75, 3.05) is 0 Å². The summed E-state index contributed by atoms with van der Waals surface area (Å²) in [6.07, 6.45) is 2.44. The molecule has 1 aliphatic carbocycles. The number of benzene rings is 1. The summed E-state index contributed by atoms with van der Waals surface area (Å²) in [6.45, 7) is 0. The molecule has 0 spiro atoms. The number of aromatic nitrogens is 1. The molecule has 0 radical (unpaired) electrons. The highest BCUT2D eigenvalue weighted by atomic mass is 16.4. The van der Waals surface area contributed by atoms with Gasteiger partial charge in [-0.1, -0.05) is 12.1 Å². The minimum Gasteiger partial charge on any atom is -0.407 e. The van der Waals surface area contributed by atoms with Gasteiger partial charge in [0.25, 0.3) is 0 Å². The van der Waals surface area contributed by atoms with Crippen LogP contribution in [0, 0.1) is 0 Å². The van der Waals surface area contributed by atoms with Gasteiger partial charge in [0, 0.05) is 12.6 Å². The van der Waals surface area contributed by atoms with Gasteiger partial charge in [-0.25, -0.2) is 4.79 Å². The summed E-state index contributed by atoms with van der Waals surface area (Å²) >= 11 is 0. The van der Waals surface area contributed by atoms with E-state index in [4.69, 9.17) is 4.42 Å². The molecule has 14 heavy (non-hydrogen) atoms. The number of hydrogen-bond acceptors (Lipinski definition) is 2. The molecule has 0 N–H and O–H groups in total. The fraction of sp³-hybridized carbons (Fsp3) is 0.364. The zero-order chi connectivity index (χ0) is 9.71. The van der Waals surface area contributed by atoms with Crippen molar-refractivity contribution in [3.63, 3.8) is 0 Å². The molecule has 1 aromatic carbocycles. The molecule has 3 nitrogen and oxygen atoms in total. The van der Waals surface area contributed by atoms with Gasteiger partial charge >= 0.3 is 5.76 Å². The van der Waals surface area contributed by atoms with Crippen LogP contribution in [0.4, 0.5) is 0 Å². The molecule has 0 aliphatic heterocycles. The number of aryl methyl sites for hydroxylation is 1. The van der Waals surface area contributed by atoms with Crippen molar-refractivity contribution in [3.8, 4) is 0 Å². The highest BCUT2D eigenvalue weighted by Crippen LogP contribution is 2.42. The Morgan fingerprint density at radius 3 is 2.93 bits per heavy atom. The van der Waals surface area contributed by atoms with Gasteiger partial charge in [0.1, 0.15) is 0 Å². The molecule has 0 amide bonds. The van der Waals surface area contributed by atoms with Gasteiger partial charge < -0.3 is 4.42 Å².